The molecule has 0 bridgehead atoms. The molecule has 0 atom stereocenters. The Kier molecular flexibility index (Phi) is 6.01. The predicted octanol–water partition coefficient (Wildman–Crippen LogP) is 4.46. The predicted molar refractivity (Wildman–Crippen MR) is 99.8 cm³/mol. The number of halogens is 1. The average molecular weight is 363 g/mol. The molecule has 0 saturated carbocycles. The number of rotatable bonds is 3. The number of thioether (sulfide) groups is 1. The largest absolute Gasteiger partial charge is 0.497 e. The Balaban J connectivity index is 1.84. The molecule has 126 valence electrons. The summed E-state index contributed by atoms with van der Waals surface area (Å²) in [5, 5.41) is 1.70. The van der Waals surface area contributed by atoms with Gasteiger partial charge in [-0.05, 0) is 48.5 Å². The Labute approximate surface area is 151 Å². The first-order chi connectivity index (χ1) is 11.7. The van der Waals surface area contributed by atoms with Crippen molar-refractivity contribution >= 4 is 34.2 Å². The maximum atomic E-state index is 5.98. The zero-order valence-electron chi connectivity index (χ0n) is 13.4. The van der Waals surface area contributed by atoms with E-state index < -0.39 is 0 Å². The van der Waals surface area contributed by atoms with Crippen LogP contribution in [0.15, 0.2) is 58.4 Å². The number of hydrogen-bond donors (Lipinski definition) is 0. The van der Waals surface area contributed by atoms with E-state index in [1.165, 1.54) is 0 Å². The normalized spacial score (nSPS) is 15.4. The van der Waals surface area contributed by atoms with Gasteiger partial charge in [-0.3, -0.25) is 0 Å². The first-order valence-electron chi connectivity index (χ1n) is 7.73. The summed E-state index contributed by atoms with van der Waals surface area (Å²) in [5.74, 6) is 0.826. The molecule has 4 nitrogen and oxygen atoms in total. The van der Waals surface area contributed by atoms with E-state index >= 15 is 0 Å². The Morgan fingerprint density at radius 1 is 1.08 bits per heavy atom. The van der Waals surface area contributed by atoms with Crippen molar-refractivity contribution in [2.45, 2.75) is 4.90 Å². The topological polar surface area (TPSA) is 34.1 Å². The van der Waals surface area contributed by atoms with Crippen LogP contribution in [0.5, 0.6) is 5.75 Å². The van der Waals surface area contributed by atoms with Gasteiger partial charge in [-0.15, -0.1) is 0 Å². The highest BCUT2D eigenvalue weighted by atomic mass is 35.5. The van der Waals surface area contributed by atoms with E-state index in [2.05, 4.69) is 4.90 Å². The van der Waals surface area contributed by atoms with Crippen molar-refractivity contribution in [1.29, 1.82) is 0 Å². The lowest BCUT2D eigenvalue weighted by molar-refractivity contribution is 0.0694. The van der Waals surface area contributed by atoms with Crippen molar-refractivity contribution < 1.29 is 9.47 Å². The number of benzene rings is 2. The highest BCUT2D eigenvalue weighted by Crippen LogP contribution is 2.27. The average Bonchev–Trinajstić information content (AvgIpc) is 2.64. The molecule has 0 aromatic heterocycles. The van der Waals surface area contributed by atoms with E-state index in [0.29, 0.717) is 0 Å². The van der Waals surface area contributed by atoms with Crippen LogP contribution in [-0.2, 0) is 4.74 Å². The van der Waals surface area contributed by atoms with Crippen molar-refractivity contribution in [2.75, 3.05) is 33.4 Å². The van der Waals surface area contributed by atoms with E-state index in [9.17, 15) is 0 Å². The quantitative estimate of drug-likeness (QED) is 0.458. The Hall–Kier alpha value is -1.69. The van der Waals surface area contributed by atoms with Gasteiger partial charge in [-0.1, -0.05) is 23.4 Å². The van der Waals surface area contributed by atoms with Gasteiger partial charge in [0.15, 0.2) is 5.17 Å². The third-order valence-electron chi connectivity index (χ3n) is 3.60. The van der Waals surface area contributed by atoms with E-state index in [1.807, 2.05) is 48.5 Å². The minimum Gasteiger partial charge on any atom is -0.497 e. The van der Waals surface area contributed by atoms with Crippen LogP contribution in [0.2, 0.25) is 5.02 Å². The molecule has 0 unspecified atom stereocenters. The second-order valence-corrected chi connectivity index (χ2v) is 6.72. The highest BCUT2D eigenvalue weighted by molar-refractivity contribution is 8.13. The number of amidine groups is 1. The molecular formula is C18H19ClN2O2S. The Morgan fingerprint density at radius 3 is 2.38 bits per heavy atom. The lowest BCUT2D eigenvalue weighted by atomic mass is 10.3. The number of nitrogens with zero attached hydrogens (tertiary/aromatic N) is 2. The van der Waals surface area contributed by atoms with E-state index in [4.69, 9.17) is 26.1 Å². The molecule has 1 saturated heterocycles. The molecule has 6 heteroatoms. The molecule has 0 radical (unpaired) electrons. The highest BCUT2D eigenvalue weighted by Gasteiger charge is 2.16. The minimum atomic E-state index is 0.725. The monoisotopic (exact) mass is 362 g/mol. The molecule has 24 heavy (non-hydrogen) atoms. The van der Waals surface area contributed by atoms with Gasteiger partial charge in [-0.2, -0.15) is 0 Å². The molecule has 0 spiro atoms. The van der Waals surface area contributed by atoms with Crippen LogP contribution in [0.3, 0.4) is 0 Å². The van der Waals surface area contributed by atoms with Crippen LogP contribution in [0.1, 0.15) is 0 Å². The van der Waals surface area contributed by atoms with Gasteiger partial charge in [0, 0.05) is 23.0 Å². The van der Waals surface area contributed by atoms with Crippen molar-refractivity contribution in [3.05, 3.63) is 53.6 Å². The van der Waals surface area contributed by atoms with Crippen LogP contribution in [0, 0.1) is 0 Å². The maximum Gasteiger partial charge on any atom is 0.169 e. The van der Waals surface area contributed by atoms with Gasteiger partial charge < -0.3 is 14.4 Å². The summed E-state index contributed by atoms with van der Waals surface area (Å²) < 4.78 is 10.7. The second-order valence-electron chi connectivity index (χ2n) is 5.25. The number of methoxy groups -OCH3 is 1. The van der Waals surface area contributed by atoms with Crippen molar-refractivity contribution in [1.82, 2.24) is 4.90 Å². The summed E-state index contributed by atoms with van der Waals surface area (Å²) in [6.07, 6.45) is 0. The molecule has 1 aliphatic heterocycles. The fourth-order valence-corrected chi connectivity index (χ4v) is 3.36. The number of morpholine rings is 1. The van der Waals surface area contributed by atoms with Crippen molar-refractivity contribution in [3.8, 4) is 5.75 Å². The van der Waals surface area contributed by atoms with E-state index in [1.54, 1.807) is 18.9 Å². The molecule has 1 fully saturated rings. The molecule has 1 heterocycles. The molecule has 3 rings (SSSR count). The molecule has 0 aliphatic carbocycles. The molecular weight excluding hydrogens is 344 g/mol. The summed E-state index contributed by atoms with van der Waals surface area (Å²) in [6.45, 7) is 3.14. The van der Waals surface area contributed by atoms with Crippen LogP contribution in [0.4, 0.5) is 5.69 Å². The Morgan fingerprint density at radius 2 is 1.75 bits per heavy atom. The second kappa shape index (κ2) is 8.42. The molecule has 0 N–H and O–H groups in total. The minimum absolute atomic E-state index is 0.725. The van der Waals surface area contributed by atoms with Crippen LogP contribution in [-0.4, -0.2) is 43.5 Å². The smallest absolute Gasteiger partial charge is 0.169 e. The fraction of sp³-hybridized carbons (Fsp3) is 0.278. The summed E-state index contributed by atoms with van der Waals surface area (Å²) in [5.41, 5.74) is 0.902. The van der Waals surface area contributed by atoms with E-state index in [-0.39, 0.29) is 0 Å². The van der Waals surface area contributed by atoms with Crippen molar-refractivity contribution in [3.63, 3.8) is 0 Å². The summed E-state index contributed by atoms with van der Waals surface area (Å²) in [6, 6.07) is 15.6. The van der Waals surface area contributed by atoms with Gasteiger partial charge in [0.05, 0.1) is 26.0 Å². The van der Waals surface area contributed by atoms with Gasteiger partial charge in [0.25, 0.3) is 0 Å². The van der Waals surface area contributed by atoms with E-state index in [0.717, 1.165) is 52.8 Å². The van der Waals surface area contributed by atoms with Gasteiger partial charge in [0.2, 0.25) is 0 Å². The molecule has 0 amide bonds. The number of aliphatic imine (C=N–C) groups is 1. The Bertz CT molecular complexity index is 683. The standard InChI is InChI=1S/C18H19ClN2O2S/c1-22-16-6-4-15(5-7-16)20-18(21-10-12-23-13-11-21)24-17-8-2-14(19)3-9-17/h2-9H,10-13H2,1H3. The van der Waals surface area contributed by atoms with Crippen LogP contribution < -0.4 is 4.74 Å². The van der Waals surface area contributed by atoms with Crippen LogP contribution in [0.25, 0.3) is 0 Å². The van der Waals surface area contributed by atoms with Crippen molar-refractivity contribution in [2.24, 2.45) is 4.99 Å². The molecule has 2 aromatic carbocycles. The first kappa shape index (κ1) is 17.1. The third kappa shape index (κ3) is 4.66. The summed E-state index contributed by atoms with van der Waals surface area (Å²) in [4.78, 5) is 8.20. The zero-order valence-corrected chi connectivity index (χ0v) is 15.0. The van der Waals surface area contributed by atoms with Crippen LogP contribution >= 0.6 is 23.4 Å². The SMILES string of the molecule is COc1ccc(N=C(Sc2ccc(Cl)cc2)N2CCOCC2)cc1. The van der Waals surface area contributed by atoms with Gasteiger partial charge in [-0.25, -0.2) is 4.99 Å². The summed E-state index contributed by atoms with van der Waals surface area (Å²) in [7, 11) is 1.66. The fourth-order valence-electron chi connectivity index (χ4n) is 2.29. The molecule has 2 aromatic rings. The molecule has 1 aliphatic rings. The first-order valence-corrected chi connectivity index (χ1v) is 8.93. The number of hydrogen-bond acceptors (Lipinski definition) is 4. The zero-order chi connectivity index (χ0) is 16.8. The summed E-state index contributed by atoms with van der Waals surface area (Å²) >= 11 is 7.62. The lowest BCUT2D eigenvalue weighted by Crippen LogP contribution is -2.39. The maximum absolute atomic E-state index is 5.98. The van der Waals surface area contributed by atoms with Gasteiger partial charge in [0.1, 0.15) is 5.75 Å². The van der Waals surface area contributed by atoms with Gasteiger partial charge >= 0.3 is 0 Å². The third-order valence-corrected chi connectivity index (χ3v) is 4.89. The lowest BCUT2D eigenvalue weighted by Gasteiger charge is -2.29. The number of ether oxygens (including phenoxy) is 2.